The van der Waals surface area contributed by atoms with Crippen LogP contribution in [0.1, 0.15) is 28.8 Å². The van der Waals surface area contributed by atoms with Crippen molar-refractivity contribution >= 4 is 46.6 Å². The molecule has 1 aliphatic rings. The Kier molecular flexibility index (Phi) is 6.06. The third kappa shape index (κ3) is 4.35. The maximum atomic E-state index is 13.2. The molecule has 5 nitrogen and oxygen atoms in total. The van der Waals surface area contributed by atoms with Gasteiger partial charge in [-0.25, -0.2) is 4.98 Å². The van der Waals surface area contributed by atoms with E-state index in [1.807, 2.05) is 49.4 Å². The number of aryl methyl sites for hydroxylation is 1. The molecule has 3 aromatic rings. The van der Waals surface area contributed by atoms with Crippen LogP contribution in [0.25, 0.3) is 0 Å². The van der Waals surface area contributed by atoms with E-state index in [9.17, 15) is 9.59 Å². The highest BCUT2D eigenvalue weighted by molar-refractivity contribution is 7.99. The van der Waals surface area contributed by atoms with Crippen LogP contribution >= 0.6 is 23.4 Å². The fraction of sp³-hybridized carbons (Fsp3) is 0.174. The summed E-state index contributed by atoms with van der Waals surface area (Å²) in [7, 11) is 0. The quantitative estimate of drug-likeness (QED) is 0.566. The molecular formula is C23H20ClN3O2S. The van der Waals surface area contributed by atoms with Crippen molar-refractivity contribution in [1.29, 1.82) is 0 Å². The minimum Gasteiger partial charge on any atom is -0.326 e. The fourth-order valence-electron chi connectivity index (χ4n) is 3.32. The van der Waals surface area contributed by atoms with E-state index in [-0.39, 0.29) is 11.8 Å². The van der Waals surface area contributed by atoms with Crippen LogP contribution in [0.4, 0.5) is 11.4 Å². The zero-order chi connectivity index (χ0) is 21.1. The maximum absolute atomic E-state index is 13.2. The molecule has 0 saturated carbocycles. The number of anilines is 2. The number of rotatable bonds is 5. The molecule has 2 aromatic carbocycles. The summed E-state index contributed by atoms with van der Waals surface area (Å²) in [6, 6.07) is 16.7. The third-order valence-corrected chi connectivity index (χ3v) is 6.19. The lowest BCUT2D eigenvalue weighted by Crippen LogP contribution is -2.32. The Balaban J connectivity index is 1.48. The number of aromatic nitrogens is 1. The van der Waals surface area contributed by atoms with Crippen LogP contribution in [-0.4, -0.2) is 23.3 Å². The molecule has 1 aromatic heterocycles. The van der Waals surface area contributed by atoms with Gasteiger partial charge in [-0.15, -0.1) is 0 Å². The second-order valence-corrected chi connectivity index (χ2v) is 8.46. The summed E-state index contributed by atoms with van der Waals surface area (Å²) in [5.41, 5.74) is 3.08. The average Bonchev–Trinajstić information content (AvgIpc) is 2.85. The molecule has 152 valence electrons. The highest BCUT2D eigenvalue weighted by Gasteiger charge is 2.27. The van der Waals surface area contributed by atoms with E-state index in [2.05, 4.69) is 10.3 Å². The second kappa shape index (κ2) is 8.90. The normalized spacial score (nSPS) is 12.7. The molecule has 0 fully saturated rings. The summed E-state index contributed by atoms with van der Waals surface area (Å²) in [6.07, 6.45) is 2.54. The number of carbonyl (C=O) groups is 2. The van der Waals surface area contributed by atoms with Crippen LogP contribution in [0.15, 0.2) is 70.7 Å². The molecule has 2 amide bonds. The Morgan fingerprint density at radius 3 is 2.87 bits per heavy atom. The minimum atomic E-state index is -0.108. The van der Waals surface area contributed by atoms with Crippen molar-refractivity contribution in [1.82, 2.24) is 4.98 Å². The van der Waals surface area contributed by atoms with Gasteiger partial charge >= 0.3 is 0 Å². The summed E-state index contributed by atoms with van der Waals surface area (Å²) in [5.74, 6) is -0.181. The van der Waals surface area contributed by atoms with Crippen molar-refractivity contribution < 1.29 is 9.59 Å². The van der Waals surface area contributed by atoms with Gasteiger partial charge in [0, 0.05) is 34.8 Å². The lowest BCUT2D eigenvalue weighted by Gasteiger charge is -2.22. The zero-order valence-electron chi connectivity index (χ0n) is 16.4. The van der Waals surface area contributed by atoms with E-state index >= 15 is 0 Å². The van der Waals surface area contributed by atoms with Crippen LogP contribution in [0.5, 0.6) is 0 Å². The number of nitrogens with one attached hydrogen (secondary N) is 1. The predicted molar refractivity (Wildman–Crippen MR) is 121 cm³/mol. The van der Waals surface area contributed by atoms with E-state index in [1.54, 1.807) is 23.2 Å². The van der Waals surface area contributed by atoms with Gasteiger partial charge < -0.3 is 10.2 Å². The van der Waals surface area contributed by atoms with Gasteiger partial charge in [-0.05, 0) is 55.3 Å². The average molecular weight is 438 g/mol. The van der Waals surface area contributed by atoms with Crippen molar-refractivity contribution in [2.45, 2.75) is 29.7 Å². The van der Waals surface area contributed by atoms with Gasteiger partial charge in [0.05, 0.1) is 11.3 Å². The first-order valence-electron chi connectivity index (χ1n) is 9.63. The molecule has 0 aliphatic carbocycles. The Bertz CT molecular complexity index is 1120. The number of amides is 2. The number of hydrogen-bond donors (Lipinski definition) is 1. The van der Waals surface area contributed by atoms with Crippen LogP contribution in [0.3, 0.4) is 0 Å². The topological polar surface area (TPSA) is 62.3 Å². The number of benzene rings is 2. The molecule has 1 aliphatic heterocycles. The Morgan fingerprint density at radius 1 is 1.17 bits per heavy atom. The molecule has 4 rings (SSSR count). The summed E-state index contributed by atoms with van der Waals surface area (Å²) >= 11 is 7.51. The largest absolute Gasteiger partial charge is 0.326 e. The molecule has 0 spiro atoms. The van der Waals surface area contributed by atoms with Crippen LogP contribution < -0.4 is 10.2 Å². The van der Waals surface area contributed by atoms with Crippen molar-refractivity contribution in [3.8, 4) is 0 Å². The summed E-state index contributed by atoms with van der Waals surface area (Å²) < 4.78 is 0. The van der Waals surface area contributed by atoms with Crippen LogP contribution in [0, 0.1) is 6.92 Å². The Morgan fingerprint density at radius 2 is 2.00 bits per heavy atom. The Hall–Kier alpha value is -2.83. The summed E-state index contributed by atoms with van der Waals surface area (Å²) in [6.45, 7) is 2.34. The highest BCUT2D eigenvalue weighted by Crippen LogP contribution is 2.39. The molecule has 30 heavy (non-hydrogen) atoms. The standard InChI is InChI=1S/C23H20ClN3O2S/c1-15-10-11-16(24)14-18(15)26-21(28)9-5-13-27-19-7-4-12-25-22(19)30-20-8-3-2-6-17(20)23(27)29/h2-4,6-8,10-12,14H,5,9,13H2,1H3,(H,26,28). The fourth-order valence-corrected chi connectivity index (χ4v) is 4.51. The van der Waals surface area contributed by atoms with Crippen LogP contribution in [0.2, 0.25) is 5.02 Å². The smallest absolute Gasteiger partial charge is 0.259 e. The van der Waals surface area contributed by atoms with E-state index in [0.29, 0.717) is 35.7 Å². The van der Waals surface area contributed by atoms with Gasteiger partial charge in [-0.2, -0.15) is 0 Å². The molecule has 2 heterocycles. The predicted octanol–water partition coefficient (Wildman–Crippen LogP) is 5.57. The number of hydrogen-bond acceptors (Lipinski definition) is 4. The van der Waals surface area contributed by atoms with Crippen molar-refractivity contribution in [3.05, 3.63) is 76.9 Å². The summed E-state index contributed by atoms with van der Waals surface area (Å²) in [5, 5.41) is 4.27. The van der Waals surface area contributed by atoms with Gasteiger partial charge in [0.25, 0.3) is 5.91 Å². The van der Waals surface area contributed by atoms with Crippen molar-refractivity contribution in [3.63, 3.8) is 0 Å². The number of halogens is 1. The van der Waals surface area contributed by atoms with E-state index in [4.69, 9.17) is 11.6 Å². The molecule has 0 saturated heterocycles. The number of carbonyl (C=O) groups excluding carboxylic acids is 2. The molecular weight excluding hydrogens is 418 g/mol. The van der Waals surface area contributed by atoms with Gasteiger partial charge in [0.2, 0.25) is 5.91 Å². The van der Waals surface area contributed by atoms with E-state index < -0.39 is 0 Å². The molecule has 0 radical (unpaired) electrons. The number of nitrogens with zero attached hydrogens (tertiary/aromatic N) is 2. The molecule has 1 N–H and O–H groups in total. The molecule has 7 heteroatoms. The first-order chi connectivity index (χ1) is 14.5. The molecule has 0 atom stereocenters. The highest BCUT2D eigenvalue weighted by atomic mass is 35.5. The lowest BCUT2D eigenvalue weighted by molar-refractivity contribution is -0.116. The van der Waals surface area contributed by atoms with E-state index in [1.165, 1.54) is 11.8 Å². The summed E-state index contributed by atoms with van der Waals surface area (Å²) in [4.78, 5) is 32.7. The van der Waals surface area contributed by atoms with E-state index in [0.717, 1.165) is 21.2 Å². The Labute approximate surface area is 184 Å². The zero-order valence-corrected chi connectivity index (χ0v) is 18.0. The first-order valence-corrected chi connectivity index (χ1v) is 10.8. The number of pyridine rings is 1. The van der Waals surface area contributed by atoms with Crippen molar-refractivity contribution in [2.75, 3.05) is 16.8 Å². The maximum Gasteiger partial charge on any atom is 0.259 e. The SMILES string of the molecule is Cc1ccc(Cl)cc1NC(=O)CCCN1C(=O)c2ccccc2Sc2ncccc21. The third-order valence-electron chi connectivity index (χ3n) is 4.87. The van der Waals surface area contributed by atoms with Gasteiger partial charge in [-0.3, -0.25) is 9.59 Å². The minimum absolute atomic E-state index is 0.0732. The monoisotopic (exact) mass is 437 g/mol. The van der Waals surface area contributed by atoms with Gasteiger partial charge in [-0.1, -0.05) is 41.6 Å². The number of fused-ring (bicyclic) bond motifs is 2. The van der Waals surface area contributed by atoms with Gasteiger partial charge in [0.1, 0.15) is 5.03 Å². The van der Waals surface area contributed by atoms with Crippen molar-refractivity contribution in [2.24, 2.45) is 0 Å². The lowest BCUT2D eigenvalue weighted by atomic mass is 10.1. The molecule has 0 unspecified atom stereocenters. The van der Waals surface area contributed by atoms with Crippen LogP contribution in [-0.2, 0) is 4.79 Å². The molecule has 0 bridgehead atoms. The van der Waals surface area contributed by atoms with Gasteiger partial charge in [0.15, 0.2) is 0 Å². The second-order valence-electron chi connectivity index (χ2n) is 6.99. The first kappa shape index (κ1) is 20.4.